The molecule has 5 aromatic carbocycles. The molecule has 11 heterocycles. The van der Waals surface area contributed by atoms with Crippen LogP contribution < -0.4 is 79.0 Å². The Morgan fingerprint density at radius 1 is 0.545 bits per heavy atom. The van der Waals surface area contributed by atoms with E-state index in [2.05, 4.69) is 130 Å². The quantitative estimate of drug-likeness (QED) is 0.0130. The van der Waals surface area contributed by atoms with E-state index in [1.807, 2.05) is 109 Å². The maximum absolute atomic E-state index is 12.0. The third-order valence-corrected chi connectivity index (χ3v) is 27.9. The number of likely N-dealkylation sites (N-methyl/N-ethyl adjacent to an activating group) is 1. The number of thiophene rings is 7. The van der Waals surface area contributed by atoms with E-state index < -0.39 is 47.4 Å². The summed E-state index contributed by atoms with van der Waals surface area (Å²) in [6.07, 6.45) is 4.52. The van der Waals surface area contributed by atoms with E-state index >= 15 is 0 Å². The van der Waals surface area contributed by atoms with Crippen LogP contribution in [0.3, 0.4) is 0 Å². The fourth-order valence-electron chi connectivity index (χ4n) is 13.6. The number of aliphatic hydroxyl groups excluding tert-OH is 2. The molecule has 0 saturated carbocycles. The van der Waals surface area contributed by atoms with Gasteiger partial charge >= 0.3 is 31.0 Å². The number of hydrogen-bond donors (Lipinski definition) is 11. The van der Waals surface area contributed by atoms with Crippen LogP contribution in [0.25, 0.3) is 70.9 Å². The van der Waals surface area contributed by atoms with Crippen molar-refractivity contribution in [3.63, 3.8) is 0 Å². The molecular weight excluding hydrogens is 1850 g/mol. The number of piperidine rings is 2. The summed E-state index contributed by atoms with van der Waals surface area (Å²) in [7, 11) is 2.82. The molecular formula is C98H122ClLiN14O13S7. The first-order valence-electron chi connectivity index (χ1n) is 43.4. The number of ketones is 3. The number of nitrogens with zero attached hydrogens (tertiary/aromatic N) is 5. The number of alkyl carbamates (subject to hydrolysis) is 2. The summed E-state index contributed by atoms with van der Waals surface area (Å²) < 4.78 is 16.0. The second-order valence-corrected chi connectivity index (χ2v) is 40.8. The Kier molecular flexibility index (Phi) is 44.2. The number of nitrogen functional groups attached to an aromatic ring is 2. The Bertz CT molecular complexity index is 6050. The van der Waals surface area contributed by atoms with Crippen LogP contribution in [-0.2, 0) is 36.7 Å². The molecule has 9 aromatic heterocycles. The van der Waals surface area contributed by atoms with Crippen molar-refractivity contribution in [3.8, 4) is 0 Å². The number of carbonyl (C=O) groups is 8. The van der Waals surface area contributed by atoms with Crippen molar-refractivity contribution in [3.05, 3.63) is 215 Å². The van der Waals surface area contributed by atoms with Crippen molar-refractivity contribution in [2.45, 2.75) is 157 Å². The molecule has 27 nitrogen and oxygen atoms in total. The first-order chi connectivity index (χ1) is 62.9. The Morgan fingerprint density at radius 2 is 0.933 bits per heavy atom. The molecule has 134 heavy (non-hydrogen) atoms. The summed E-state index contributed by atoms with van der Waals surface area (Å²) in [5.41, 5.74) is 36.0. The molecule has 16 rings (SSSR count). The van der Waals surface area contributed by atoms with Crippen LogP contribution in [0.4, 0.5) is 32.6 Å². The topological polar surface area (TPSA) is 432 Å². The van der Waals surface area contributed by atoms with Crippen LogP contribution in [0.2, 0.25) is 0 Å². The van der Waals surface area contributed by atoms with Gasteiger partial charge in [0.2, 0.25) is 0 Å². The molecule has 5 amide bonds. The smallest absolute Gasteiger partial charge is 0.444 e. The van der Waals surface area contributed by atoms with E-state index in [1.54, 1.807) is 75.6 Å². The zero-order valence-electron chi connectivity index (χ0n) is 78.3. The molecule has 14 aromatic rings. The number of aromatic nitrogens is 2. The molecule has 0 radical (unpaired) electrons. The third-order valence-electron chi connectivity index (χ3n) is 20.0. The Balaban J connectivity index is 0.000000220. The van der Waals surface area contributed by atoms with Crippen molar-refractivity contribution in [2.24, 2.45) is 22.9 Å². The largest absolute Gasteiger partial charge is 1.00 e. The second-order valence-electron chi connectivity index (χ2n) is 33.5. The first kappa shape index (κ1) is 111. The van der Waals surface area contributed by atoms with E-state index in [0.29, 0.717) is 70.3 Å². The van der Waals surface area contributed by atoms with Crippen LogP contribution in [-0.4, -0.2) is 163 Å². The Labute approximate surface area is 828 Å². The molecule has 0 aliphatic carbocycles. The SMILES string of the molecule is CC(C)(C)OC(=O)NCC(=O)c1cc2ccccc2s1.CCCc1cc(N2CCC(=O)CC2)nc2sc(C(N)=O)c(N)c12.CCCc1cc(N2CCC(NCC(O)c3cc4ccccc4s3)CC2)nc2sc(C(N)=O)c(N)c12.CON(C)C(=O)CNC(=O)OC(C)(C)C.C[C-](C)C.Cl.NCC(=O)c1cc2ccccc2s1.NCC(O)c1cc2ccccc2s1.[Li+].c1ccc2sccc2c1. The number of hydroxylamine groups is 2. The molecule has 2 fully saturated rings. The number of pyridine rings is 2. The summed E-state index contributed by atoms with van der Waals surface area (Å²) >= 11 is 10.5. The summed E-state index contributed by atoms with van der Waals surface area (Å²) in [6, 6.07) is 54.9. The van der Waals surface area contributed by atoms with Crippen molar-refractivity contribution < 1.29 is 81.7 Å². The van der Waals surface area contributed by atoms with Crippen molar-refractivity contribution in [1.29, 1.82) is 0 Å². The summed E-state index contributed by atoms with van der Waals surface area (Å²) in [5, 5.41) is 39.3. The molecule has 2 unspecified atom stereocenters. The molecule has 2 aliphatic heterocycles. The first-order valence-corrected chi connectivity index (χ1v) is 49.1. The number of aryl methyl sites for hydroxylation is 2. The van der Waals surface area contributed by atoms with Gasteiger partial charge in [0.25, 0.3) is 17.7 Å². The minimum Gasteiger partial charge on any atom is -0.444 e. The van der Waals surface area contributed by atoms with Crippen LogP contribution in [0.15, 0.2) is 169 Å². The maximum atomic E-state index is 12.0. The van der Waals surface area contributed by atoms with E-state index in [-0.39, 0.29) is 74.9 Å². The van der Waals surface area contributed by atoms with Gasteiger partial charge in [-0.2, -0.15) is 20.8 Å². The average Bonchev–Trinajstić information content (AvgIpc) is 1.62. The van der Waals surface area contributed by atoms with Gasteiger partial charge < -0.3 is 85.8 Å². The zero-order valence-corrected chi connectivity index (χ0v) is 84.8. The Morgan fingerprint density at radius 3 is 1.32 bits per heavy atom. The van der Waals surface area contributed by atoms with Crippen molar-refractivity contribution in [2.75, 3.05) is 94.3 Å². The summed E-state index contributed by atoms with van der Waals surface area (Å²) in [6.45, 7) is 24.9. The number of rotatable bonds is 22. The number of nitrogens with two attached hydrogens (primary N) is 6. The summed E-state index contributed by atoms with van der Waals surface area (Å²) in [4.78, 5) is 116. The molecule has 2 atom stereocenters. The van der Waals surface area contributed by atoms with Gasteiger partial charge in [-0.3, -0.25) is 33.6 Å². The van der Waals surface area contributed by atoms with Gasteiger partial charge in [-0.15, -0.1) is 91.8 Å². The number of benzene rings is 5. The maximum Gasteiger partial charge on any atom is 1.00 e. The van der Waals surface area contributed by atoms with E-state index in [0.717, 1.165) is 135 Å². The number of amides is 5. The Hall–Kier alpha value is -10.1. The predicted molar refractivity (Wildman–Crippen MR) is 554 cm³/mol. The number of fused-ring (bicyclic) bond motifs is 7. The average molecular weight is 1970 g/mol. The van der Waals surface area contributed by atoms with Crippen LogP contribution in [0.1, 0.15) is 186 Å². The van der Waals surface area contributed by atoms with Gasteiger partial charge in [0.15, 0.2) is 11.6 Å². The van der Waals surface area contributed by atoms with Gasteiger partial charge in [-0.25, -0.2) is 24.6 Å². The van der Waals surface area contributed by atoms with Gasteiger partial charge in [-0.1, -0.05) is 118 Å². The molecule has 36 heteroatoms. The van der Waals surface area contributed by atoms with Gasteiger partial charge in [0.05, 0.1) is 41.3 Å². The molecule has 0 spiro atoms. The van der Waals surface area contributed by atoms with E-state index in [9.17, 15) is 48.6 Å². The number of halogens is 1. The predicted octanol–water partition coefficient (Wildman–Crippen LogP) is 16.6. The van der Waals surface area contributed by atoms with Gasteiger partial charge in [0, 0.05) is 109 Å². The number of ether oxygens (including phenoxy) is 2. The van der Waals surface area contributed by atoms with Crippen LogP contribution in [0, 0.1) is 5.92 Å². The molecule has 2 aliphatic rings. The number of anilines is 4. The fourth-order valence-corrected chi connectivity index (χ4v) is 20.5. The standard InChI is InChI=1S/C26H31N5O2S2.C16H20N4O2S.C15H17NO3S.C10H11NOS.C10H9NOS.C9H18N2O4.C8H6S.C4H9.ClH.Li/c1-2-5-16-13-21(30-26-22(16)23(27)24(35-26)25(28)33)31-10-8-17(9-11-31)29-14-18(32)20-12-15-6-3-4-7-19(15)34-20;1-2-3-9-8-11(20-6-4-10(21)5-7-20)19-16-12(9)13(17)14(23-16)15(18)22;1-15(2,3)19-14(18)16-9-11(17)13-8-10-6-4-5-7-12(10)20-13;2*11-6-8(12)10-5-7-3-1-2-4-9(7)13-10;1-9(2,3)15-8(13)10-6-7(12)11(4)14-5;1-2-4-8-7(3-1)5-6-9-8;1-4(2)3;;/h3-4,6-7,12-13,17-18,29,32H,2,5,8-11,14,27H2,1H3,(H2,28,33);8H,2-7,17H2,1H3,(H2,18,22);4-8H,9H2,1-3H3,(H,16,18);1-5,8,12H,6,11H2;1-5H,6,11H2;6H2,1-5H3,(H,10,13);1-6H;1-3H3;1H;/q;;;;;;;-1;;+1. The molecule has 2 saturated heterocycles. The van der Waals surface area contributed by atoms with Crippen LogP contribution in [0.5, 0.6) is 0 Å². The van der Waals surface area contributed by atoms with E-state index in [1.165, 1.54) is 95.7 Å². The minimum absolute atomic E-state index is 0. The third kappa shape index (κ3) is 33.1. The number of primary amides is 2. The zero-order chi connectivity index (χ0) is 96.1. The fraction of sp³-hybridized carbons (Fsp3) is 0.357. The summed E-state index contributed by atoms with van der Waals surface area (Å²) in [5.74, 6) is 2.03. The number of nitrogens with one attached hydrogen (secondary N) is 3. The number of hydrogen-bond acceptors (Lipinski definition) is 29. The molecule has 712 valence electrons. The molecule has 0 bridgehead atoms. The normalized spacial score (nSPS) is 12.9. The van der Waals surface area contributed by atoms with Crippen molar-refractivity contribution >= 4 is 233 Å². The van der Waals surface area contributed by atoms with Gasteiger partial charge in [0.1, 0.15) is 66.8 Å². The second kappa shape index (κ2) is 53.4. The van der Waals surface area contributed by atoms with Crippen molar-refractivity contribution in [1.82, 2.24) is 31.0 Å². The minimum atomic E-state index is -0.625. The van der Waals surface area contributed by atoms with Crippen LogP contribution >= 0.6 is 91.8 Å². The van der Waals surface area contributed by atoms with Gasteiger partial charge in [-0.05, 0) is 183 Å². The number of Topliss-reactive ketones (excluding diaryl/α,β-unsaturated/α-hetero) is 3. The number of carbonyl (C=O) groups excluding carboxylic acids is 8. The van der Waals surface area contributed by atoms with E-state index in [4.69, 9.17) is 48.9 Å². The number of aliphatic hydroxyl groups is 2. The molecule has 17 N–H and O–H groups in total. The monoisotopic (exact) mass is 1970 g/mol.